The van der Waals surface area contributed by atoms with Crippen molar-refractivity contribution >= 4 is 11.6 Å². The predicted molar refractivity (Wildman–Crippen MR) is 87.9 cm³/mol. The van der Waals surface area contributed by atoms with Gasteiger partial charge in [-0.25, -0.2) is 0 Å². The molecule has 1 N–H and O–H groups in total. The summed E-state index contributed by atoms with van der Waals surface area (Å²) in [5, 5.41) is 3.38. The number of amides is 1. The van der Waals surface area contributed by atoms with E-state index in [4.69, 9.17) is 0 Å². The van der Waals surface area contributed by atoms with Crippen molar-refractivity contribution in [2.45, 2.75) is 25.7 Å². The highest BCUT2D eigenvalue weighted by Crippen LogP contribution is 2.19. The standard InChI is InChI=1S/C17H26N4O/c22-17(2-1-15-3-7-18-8-4-15)21-13-11-20(12-14-21)16-5-9-19-10-6-16/h5-6,9-10,15,18H,1-4,7-8,11-14H2. The molecule has 2 aliphatic rings. The molecule has 2 saturated heterocycles. The third-order valence-electron chi connectivity index (χ3n) is 4.89. The van der Waals surface area contributed by atoms with Crippen molar-refractivity contribution in [3.8, 4) is 0 Å². The lowest BCUT2D eigenvalue weighted by atomic mass is 9.93. The van der Waals surface area contributed by atoms with Gasteiger partial charge in [-0.2, -0.15) is 0 Å². The number of piperidine rings is 1. The summed E-state index contributed by atoms with van der Waals surface area (Å²) in [6.45, 7) is 5.75. The Morgan fingerprint density at radius 1 is 1.14 bits per heavy atom. The van der Waals surface area contributed by atoms with Crippen LogP contribution in [0.3, 0.4) is 0 Å². The van der Waals surface area contributed by atoms with Crippen LogP contribution in [0.2, 0.25) is 0 Å². The van der Waals surface area contributed by atoms with Gasteiger partial charge in [-0.15, -0.1) is 0 Å². The van der Waals surface area contributed by atoms with Gasteiger partial charge in [-0.3, -0.25) is 9.78 Å². The molecule has 0 spiro atoms. The van der Waals surface area contributed by atoms with Crippen LogP contribution in [0.15, 0.2) is 24.5 Å². The second kappa shape index (κ2) is 7.58. The van der Waals surface area contributed by atoms with Crippen LogP contribution in [0.5, 0.6) is 0 Å². The Labute approximate surface area is 132 Å². The number of piperazine rings is 1. The maximum absolute atomic E-state index is 12.4. The second-order valence-corrected chi connectivity index (χ2v) is 6.31. The summed E-state index contributed by atoms with van der Waals surface area (Å²) in [4.78, 5) is 20.8. The molecule has 120 valence electrons. The van der Waals surface area contributed by atoms with Crippen molar-refractivity contribution in [1.29, 1.82) is 0 Å². The van der Waals surface area contributed by atoms with E-state index in [9.17, 15) is 4.79 Å². The summed E-state index contributed by atoms with van der Waals surface area (Å²) in [6.07, 6.45) is 7.88. The minimum atomic E-state index is 0.341. The first-order chi connectivity index (χ1) is 10.8. The number of pyridine rings is 1. The Bertz CT molecular complexity index is 465. The molecule has 22 heavy (non-hydrogen) atoms. The van der Waals surface area contributed by atoms with Crippen LogP contribution in [0, 0.1) is 5.92 Å². The molecule has 3 rings (SSSR count). The van der Waals surface area contributed by atoms with Crippen LogP contribution in [0.4, 0.5) is 5.69 Å². The van der Waals surface area contributed by atoms with Gasteiger partial charge in [-0.05, 0) is 50.4 Å². The van der Waals surface area contributed by atoms with E-state index in [0.717, 1.165) is 58.0 Å². The molecule has 2 aliphatic heterocycles. The molecule has 0 aromatic carbocycles. The van der Waals surface area contributed by atoms with Crippen molar-refractivity contribution in [3.63, 3.8) is 0 Å². The smallest absolute Gasteiger partial charge is 0.222 e. The highest BCUT2D eigenvalue weighted by Gasteiger charge is 2.22. The van der Waals surface area contributed by atoms with E-state index in [1.54, 1.807) is 0 Å². The largest absolute Gasteiger partial charge is 0.368 e. The van der Waals surface area contributed by atoms with Gasteiger partial charge in [0.1, 0.15) is 0 Å². The van der Waals surface area contributed by atoms with Gasteiger partial charge < -0.3 is 15.1 Å². The topological polar surface area (TPSA) is 48.5 Å². The highest BCUT2D eigenvalue weighted by molar-refractivity contribution is 5.76. The maximum Gasteiger partial charge on any atom is 0.222 e. The van der Waals surface area contributed by atoms with Gasteiger partial charge in [0.25, 0.3) is 0 Å². The fraction of sp³-hybridized carbons (Fsp3) is 0.647. The number of nitrogens with zero attached hydrogens (tertiary/aromatic N) is 3. The van der Waals surface area contributed by atoms with E-state index >= 15 is 0 Å². The van der Waals surface area contributed by atoms with Gasteiger partial charge in [-0.1, -0.05) is 0 Å². The fourth-order valence-corrected chi connectivity index (χ4v) is 3.43. The number of rotatable bonds is 4. The molecule has 0 radical (unpaired) electrons. The molecule has 0 bridgehead atoms. The zero-order chi connectivity index (χ0) is 15.2. The first-order valence-electron chi connectivity index (χ1n) is 8.46. The fourth-order valence-electron chi connectivity index (χ4n) is 3.43. The lowest BCUT2D eigenvalue weighted by Gasteiger charge is -2.36. The molecule has 0 atom stereocenters. The Hall–Kier alpha value is -1.62. The van der Waals surface area contributed by atoms with Crippen molar-refractivity contribution in [2.24, 2.45) is 5.92 Å². The van der Waals surface area contributed by atoms with Crippen molar-refractivity contribution in [3.05, 3.63) is 24.5 Å². The van der Waals surface area contributed by atoms with Crippen LogP contribution in [-0.4, -0.2) is 55.1 Å². The molecular formula is C17H26N4O. The Morgan fingerprint density at radius 3 is 2.50 bits per heavy atom. The summed E-state index contributed by atoms with van der Waals surface area (Å²) < 4.78 is 0. The Kier molecular flexibility index (Phi) is 5.27. The number of carbonyl (C=O) groups is 1. The van der Waals surface area contributed by atoms with Crippen LogP contribution in [-0.2, 0) is 4.79 Å². The molecule has 5 nitrogen and oxygen atoms in total. The summed E-state index contributed by atoms with van der Waals surface area (Å²) in [5.74, 6) is 1.08. The van der Waals surface area contributed by atoms with Gasteiger partial charge in [0.2, 0.25) is 5.91 Å². The molecule has 0 unspecified atom stereocenters. The minimum Gasteiger partial charge on any atom is -0.368 e. The highest BCUT2D eigenvalue weighted by atomic mass is 16.2. The number of anilines is 1. The average Bonchev–Trinajstić information content (AvgIpc) is 2.61. The average molecular weight is 302 g/mol. The molecule has 2 fully saturated rings. The van der Waals surface area contributed by atoms with Gasteiger partial charge in [0.15, 0.2) is 0 Å². The third-order valence-corrected chi connectivity index (χ3v) is 4.89. The van der Waals surface area contributed by atoms with E-state index in [2.05, 4.69) is 15.2 Å². The van der Waals surface area contributed by atoms with Crippen molar-refractivity contribution in [1.82, 2.24) is 15.2 Å². The lowest BCUT2D eigenvalue weighted by molar-refractivity contribution is -0.131. The summed E-state index contributed by atoms with van der Waals surface area (Å²) >= 11 is 0. The van der Waals surface area contributed by atoms with Gasteiger partial charge >= 0.3 is 0 Å². The first-order valence-corrected chi connectivity index (χ1v) is 8.46. The summed E-state index contributed by atoms with van der Waals surface area (Å²) in [5.41, 5.74) is 1.21. The van der Waals surface area contributed by atoms with Crippen LogP contribution >= 0.6 is 0 Å². The second-order valence-electron chi connectivity index (χ2n) is 6.31. The number of carbonyl (C=O) groups excluding carboxylic acids is 1. The SMILES string of the molecule is O=C(CCC1CCNCC1)N1CCN(c2ccncc2)CC1. The number of hydrogen-bond acceptors (Lipinski definition) is 4. The monoisotopic (exact) mass is 302 g/mol. The van der Waals surface area contributed by atoms with E-state index in [1.807, 2.05) is 29.4 Å². The Morgan fingerprint density at radius 2 is 1.82 bits per heavy atom. The first kappa shape index (κ1) is 15.3. The summed E-state index contributed by atoms with van der Waals surface area (Å²) in [6, 6.07) is 4.07. The Balaban J connectivity index is 1.41. The maximum atomic E-state index is 12.4. The molecule has 5 heteroatoms. The minimum absolute atomic E-state index is 0.341. The number of hydrogen-bond donors (Lipinski definition) is 1. The number of nitrogens with one attached hydrogen (secondary N) is 1. The van der Waals surface area contributed by atoms with Gasteiger partial charge in [0.05, 0.1) is 0 Å². The van der Waals surface area contributed by atoms with E-state index in [-0.39, 0.29) is 0 Å². The molecule has 0 saturated carbocycles. The number of aromatic nitrogens is 1. The van der Waals surface area contributed by atoms with Crippen molar-refractivity contribution in [2.75, 3.05) is 44.2 Å². The zero-order valence-electron chi connectivity index (χ0n) is 13.2. The third kappa shape index (κ3) is 3.97. The van der Waals surface area contributed by atoms with Crippen molar-refractivity contribution < 1.29 is 4.79 Å². The molecule has 0 aliphatic carbocycles. The van der Waals surface area contributed by atoms with Crippen LogP contribution in [0.25, 0.3) is 0 Å². The summed E-state index contributed by atoms with van der Waals surface area (Å²) in [7, 11) is 0. The molecule has 1 amide bonds. The van der Waals surface area contributed by atoms with Crippen LogP contribution in [0.1, 0.15) is 25.7 Å². The molecular weight excluding hydrogens is 276 g/mol. The van der Waals surface area contributed by atoms with E-state index in [1.165, 1.54) is 18.5 Å². The predicted octanol–water partition coefficient (Wildman–Crippen LogP) is 1.51. The quantitative estimate of drug-likeness (QED) is 0.916. The molecule has 1 aromatic heterocycles. The molecule has 3 heterocycles. The van der Waals surface area contributed by atoms with E-state index < -0.39 is 0 Å². The van der Waals surface area contributed by atoms with Gasteiger partial charge in [0, 0.05) is 50.7 Å². The normalized spacial score (nSPS) is 20.2. The van der Waals surface area contributed by atoms with Crippen LogP contribution < -0.4 is 10.2 Å². The molecule has 1 aromatic rings. The zero-order valence-corrected chi connectivity index (χ0v) is 13.2. The lowest BCUT2D eigenvalue weighted by Crippen LogP contribution is -2.48. The van der Waals surface area contributed by atoms with E-state index in [0.29, 0.717) is 5.91 Å².